The number of morpholine rings is 1. The van der Waals surface area contributed by atoms with Gasteiger partial charge in [0, 0.05) is 30.6 Å². The number of ether oxygens (including phenoxy) is 3. The van der Waals surface area contributed by atoms with Crippen molar-refractivity contribution in [1.82, 2.24) is 10.6 Å². The normalized spacial score (nSPS) is 22.1. The van der Waals surface area contributed by atoms with E-state index in [-0.39, 0.29) is 30.5 Å². The van der Waals surface area contributed by atoms with Crippen LogP contribution < -0.4 is 20.1 Å². The van der Waals surface area contributed by atoms with Gasteiger partial charge in [-0.25, -0.2) is 0 Å². The molecule has 24 heavy (non-hydrogen) atoms. The Labute approximate surface area is 148 Å². The number of hydrogen-bond donors (Lipinski definition) is 2. The summed E-state index contributed by atoms with van der Waals surface area (Å²) in [7, 11) is 0. The molecule has 3 rings (SSSR count). The fourth-order valence-electron chi connectivity index (χ4n) is 2.95. The molecule has 0 saturated carbocycles. The predicted octanol–water partition coefficient (Wildman–Crippen LogP) is 1.44. The summed E-state index contributed by atoms with van der Waals surface area (Å²) in [5.41, 5.74) is 2.10. The van der Waals surface area contributed by atoms with Gasteiger partial charge in [0.05, 0.1) is 19.8 Å². The Morgan fingerprint density at radius 1 is 1.46 bits per heavy atom. The van der Waals surface area contributed by atoms with E-state index in [1.807, 2.05) is 19.1 Å². The van der Waals surface area contributed by atoms with E-state index in [1.54, 1.807) is 0 Å². The lowest BCUT2D eigenvalue weighted by molar-refractivity contribution is -0.126. The molecule has 1 aromatic carbocycles. The first-order valence-electron chi connectivity index (χ1n) is 8.21. The van der Waals surface area contributed by atoms with Gasteiger partial charge < -0.3 is 24.8 Å². The fraction of sp³-hybridized carbons (Fsp3) is 0.588. The maximum atomic E-state index is 12.2. The van der Waals surface area contributed by atoms with Crippen molar-refractivity contribution >= 4 is 18.3 Å². The Morgan fingerprint density at radius 3 is 3.00 bits per heavy atom. The van der Waals surface area contributed by atoms with E-state index >= 15 is 0 Å². The molecule has 2 atom stereocenters. The highest BCUT2D eigenvalue weighted by Crippen LogP contribution is 2.35. The van der Waals surface area contributed by atoms with Crippen molar-refractivity contribution in [2.45, 2.75) is 39.0 Å². The van der Waals surface area contributed by atoms with E-state index in [1.165, 1.54) is 5.56 Å². The van der Waals surface area contributed by atoms with Crippen LogP contribution in [0.3, 0.4) is 0 Å². The Bertz CT molecular complexity index is 576. The quantitative estimate of drug-likeness (QED) is 0.835. The minimum absolute atomic E-state index is 0. The minimum atomic E-state index is -0.287. The van der Waals surface area contributed by atoms with Crippen LogP contribution in [0.2, 0.25) is 0 Å². The molecule has 1 amide bonds. The van der Waals surface area contributed by atoms with Crippen LogP contribution in [0.4, 0.5) is 0 Å². The molecule has 2 unspecified atom stereocenters. The number of amides is 1. The van der Waals surface area contributed by atoms with Crippen molar-refractivity contribution in [1.29, 1.82) is 0 Å². The first-order valence-corrected chi connectivity index (χ1v) is 8.21. The number of benzene rings is 1. The molecule has 2 heterocycles. The average Bonchev–Trinajstić information content (AvgIpc) is 2.92. The van der Waals surface area contributed by atoms with Crippen molar-refractivity contribution in [2.75, 3.05) is 26.4 Å². The van der Waals surface area contributed by atoms with Crippen LogP contribution in [0.5, 0.6) is 11.5 Å². The van der Waals surface area contributed by atoms with Gasteiger partial charge in [-0.2, -0.15) is 0 Å². The molecule has 134 valence electrons. The number of rotatable bonds is 5. The van der Waals surface area contributed by atoms with E-state index in [9.17, 15) is 4.79 Å². The number of halogens is 1. The van der Waals surface area contributed by atoms with Gasteiger partial charge in [-0.1, -0.05) is 0 Å². The second kappa shape index (κ2) is 8.55. The first kappa shape index (κ1) is 18.8. The van der Waals surface area contributed by atoms with Gasteiger partial charge in [0.2, 0.25) is 5.91 Å². The van der Waals surface area contributed by atoms with Crippen LogP contribution in [0.25, 0.3) is 0 Å². The topological polar surface area (TPSA) is 68.8 Å². The molecule has 2 aliphatic heterocycles. The van der Waals surface area contributed by atoms with Gasteiger partial charge in [-0.05, 0) is 26.0 Å². The Kier molecular flexibility index (Phi) is 6.71. The van der Waals surface area contributed by atoms with Crippen LogP contribution in [0.1, 0.15) is 25.0 Å². The molecular formula is C17H25ClN2O4. The molecule has 2 N–H and O–H groups in total. The van der Waals surface area contributed by atoms with Crippen LogP contribution in [0, 0.1) is 0 Å². The third kappa shape index (κ3) is 4.32. The van der Waals surface area contributed by atoms with Crippen molar-refractivity contribution in [3.63, 3.8) is 0 Å². The van der Waals surface area contributed by atoms with Crippen LogP contribution in [-0.2, 0) is 22.5 Å². The highest BCUT2D eigenvalue weighted by molar-refractivity contribution is 5.85. The maximum Gasteiger partial charge on any atom is 0.239 e. The summed E-state index contributed by atoms with van der Waals surface area (Å²) >= 11 is 0. The van der Waals surface area contributed by atoms with Gasteiger partial charge >= 0.3 is 0 Å². The SMILES string of the molecule is CCOc1cc2c(cc1CNC(=O)C1COCCN1)OC(C)C2.Cl. The predicted molar refractivity (Wildman–Crippen MR) is 93.1 cm³/mol. The summed E-state index contributed by atoms with van der Waals surface area (Å²) in [6.07, 6.45) is 1.08. The Hall–Kier alpha value is -1.50. The molecule has 6 nitrogen and oxygen atoms in total. The van der Waals surface area contributed by atoms with E-state index in [4.69, 9.17) is 14.2 Å². The standard InChI is InChI=1S/C17H24N2O4.ClH/c1-3-22-15-7-12-6-11(2)23-16(12)8-13(15)9-19-17(20)14-10-21-5-4-18-14;/h7-8,11,14,18H,3-6,9-10H2,1-2H3,(H,19,20);1H. The second-order valence-electron chi connectivity index (χ2n) is 5.93. The van der Waals surface area contributed by atoms with E-state index in [2.05, 4.69) is 17.6 Å². The van der Waals surface area contributed by atoms with Crippen LogP contribution in [-0.4, -0.2) is 44.4 Å². The first-order chi connectivity index (χ1) is 11.2. The Morgan fingerprint density at radius 2 is 2.29 bits per heavy atom. The molecule has 7 heteroatoms. The molecule has 0 spiro atoms. The lowest BCUT2D eigenvalue weighted by atomic mass is 10.1. The highest BCUT2D eigenvalue weighted by Gasteiger charge is 2.24. The molecular weight excluding hydrogens is 332 g/mol. The van der Waals surface area contributed by atoms with Gasteiger partial charge in [0.15, 0.2) is 0 Å². The van der Waals surface area contributed by atoms with Gasteiger partial charge in [0.25, 0.3) is 0 Å². The molecule has 0 aliphatic carbocycles. The zero-order chi connectivity index (χ0) is 16.2. The summed E-state index contributed by atoms with van der Waals surface area (Å²) in [5.74, 6) is 1.66. The van der Waals surface area contributed by atoms with Gasteiger partial charge in [-0.15, -0.1) is 12.4 Å². The number of carbonyl (C=O) groups is 1. The zero-order valence-corrected chi connectivity index (χ0v) is 14.9. The summed E-state index contributed by atoms with van der Waals surface area (Å²) in [6.45, 7) is 6.78. The third-order valence-corrected chi connectivity index (χ3v) is 4.07. The van der Waals surface area contributed by atoms with Crippen LogP contribution >= 0.6 is 12.4 Å². The molecule has 2 aliphatic rings. The van der Waals surface area contributed by atoms with Crippen molar-refractivity contribution in [2.24, 2.45) is 0 Å². The number of hydrogen-bond acceptors (Lipinski definition) is 5. The molecule has 1 aromatic rings. The smallest absolute Gasteiger partial charge is 0.239 e. The van der Waals surface area contributed by atoms with Gasteiger partial charge in [0.1, 0.15) is 23.6 Å². The lowest BCUT2D eigenvalue weighted by Gasteiger charge is -2.23. The maximum absolute atomic E-state index is 12.2. The second-order valence-corrected chi connectivity index (χ2v) is 5.93. The molecule has 0 bridgehead atoms. The van der Waals surface area contributed by atoms with E-state index in [0.717, 1.165) is 23.5 Å². The molecule has 1 fully saturated rings. The molecule has 0 aromatic heterocycles. The van der Waals surface area contributed by atoms with Crippen molar-refractivity contribution in [3.8, 4) is 11.5 Å². The van der Waals surface area contributed by atoms with E-state index in [0.29, 0.717) is 32.9 Å². The number of carbonyl (C=O) groups excluding carboxylic acids is 1. The third-order valence-electron chi connectivity index (χ3n) is 4.07. The van der Waals surface area contributed by atoms with Crippen molar-refractivity contribution in [3.05, 3.63) is 23.3 Å². The zero-order valence-electron chi connectivity index (χ0n) is 14.1. The molecule has 0 radical (unpaired) electrons. The fourth-order valence-corrected chi connectivity index (χ4v) is 2.95. The summed E-state index contributed by atoms with van der Waals surface area (Å²) in [6, 6.07) is 3.73. The van der Waals surface area contributed by atoms with Crippen LogP contribution in [0.15, 0.2) is 12.1 Å². The molecule has 1 saturated heterocycles. The lowest BCUT2D eigenvalue weighted by Crippen LogP contribution is -2.51. The summed E-state index contributed by atoms with van der Waals surface area (Å²) in [4.78, 5) is 12.2. The summed E-state index contributed by atoms with van der Waals surface area (Å²) < 4.78 is 16.9. The monoisotopic (exact) mass is 356 g/mol. The largest absolute Gasteiger partial charge is 0.494 e. The number of nitrogens with one attached hydrogen (secondary N) is 2. The average molecular weight is 357 g/mol. The van der Waals surface area contributed by atoms with Crippen molar-refractivity contribution < 1.29 is 19.0 Å². The highest BCUT2D eigenvalue weighted by atomic mass is 35.5. The number of fused-ring (bicyclic) bond motifs is 1. The Balaban J connectivity index is 0.00000208. The minimum Gasteiger partial charge on any atom is -0.494 e. The van der Waals surface area contributed by atoms with Gasteiger partial charge in [-0.3, -0.25) is 4.79 Å². The van der Waals surface area contributed by atoms with E-state index < -0.39 is 0 Å². The summed E-state index contributed by atoms with van der Waals surface area (Å²) in [5, 5.41) is 6.10.